The Kier molecular flexibility index (Phi) is 3.43. The molecule has 6 heteroatoms. The number of hydrogen-bond acceptors (Lipinski definition) is 3. The molecule has 1 saturated heterocycles. The number of ether oxygens (including phenoxy) is 1. The van der Waals surface area contributed by atoms with E-state index in [1.54, 1.807) is 18.2 Å². The molecule has 1 fully saturated rings. The maximum absolute atomic E-state index is 11.9. The number of nitrogens with zero attached hydrogens (tertiary/aromatic N) is 1. The maximum Gasteiger partial charge on any atom is 0.227 e. The van der Waals surface area contributed by atoms with Crippen LogP contribution in [-0.4, -0.2) is 25.5 Å². The Labute approximate surface area is 109 Å². The number of carbonyl (C=O) groups excluding carboxylic acids is 2. The van der Waals surface area contributed by atoms with Gasteiger partial charge >= 0.3 is 0 Å². The quantitative estimate of drug-likeness (QED) is 0.895. The number of carbonyl (C=O) groups is 2. The van der Waals surface area contributed by atoms with E-state index in [1.807, 2.05) is 0 Å². The van der Waals surface area contributed by atoms with Crippen LogP contribution in [0.2, 0.25) is 5.02 Å². The van der Waals surface area contributed by atoms with Crippen LogP contribution in [0, 0.1) is 5.92 Å². The summed E-state index contributed by atoms with van der Waals surface area (Å²) in [6.07, 6.45) is 0.130. The fraction of sp³-hybridized carbons (Fsp3) is 0.333. The van der Waals surface area contributed by atoms with E-state index in [9.17, 15) is 9.59 Å². The molecule has 1 aliphatic rings. The minimum atomic E-state index is -0.466. The van der Waals surface area contributed by atoms with Gasteiger partial charge in [-0.25, -0.2) is 0 Å². The zero-order valence-electron chi connectivity index (χ0n) is 9.85. The average molecular weight is 269 g/mol. The van der Waals surface area contributed by atoms with Crippen molar-refractivity contribution >= 4 is 29.1 Å². The summed E-state index contributed by atoms with van der Waals surface area (Å²) < 4.78 is 5.19. The largest absolute Gasteiger partial charge is 0.493 e. The summed E-state index contributed by atoms with van der Waals surface area (Å²) in [6, 6.07) is 5.13. The summed E-state index contributed by atoms with van der Waals surface area (Å²) in [5.41, 5.74) is 5.79. The molecule has 2 rings (SSSR count). The van der Waals surface area contributed by atoms with Crippen LogP contribution < -0.4 is 15.4 Å². The van der Waals surface area contributed by atoms with Crippen LogP contribution in [0.1, 0.15) is 6.42 Å². The van der Waals surface area contributed by atoms with Gasteiger partial charge in [-0.1, -0.05) is 17.7 Å². The molecule has 1 atom stereocenters. The standard InChI is InChI=1S/C12H13ClN2O3/c1-18-11-8(13)3-2-4-9(11)15-6-7(12(14)17)5-10(15)16/h2-4,7H,5-6H2,1H3,(H2,14,17). The fourth-order valence-electron chi connectivity index (χ4n) is 2.04. The summed E-state index contributed by atoms with van der Waals surface area (Å²) in [6.45, 7) is 0.269. The van der Waals surface area contributed by atoms with Crippen LogP contribution in [0.4, 0.5) is 5.69 Å². The van der Waals surface area contributed by atoms with Gasteiger partial charge in [-0.05, 0) is 12.1 Å². The zero-order valence-corrected chi connectivity index (χ0v) is 10.6. The van der Waals surface area contributed by atoms with Gasteiger partial charge < -0.3 is 15.4 Å². The highest BCUT2D eigenvalue weighted by molar-refractivity contribution is 6.32. The topological polar surface area (TPSA) is 72.6 Å². The molecule has 0 saturated carbocycles. The van der Waals surface area contributed by atoms with E-state index in [4.69, 9.17) is 22.1 Å². The van der Waals surface area contributed by atoms with Crippen molar-refractivity contribution in [3.05, 3.63) is 23.2 Å². The number of methoxy groups -OCH3 is 1. The van der Waals surface area contributed by atoms with E-state index in [1.165, 1.54) is 12.0 Å². The lowest BCUT2D eigenvalue weighted by Gasteiger charge is -2.19. The van der Waals surface area contributed by atoms with Crippen LogP contribution in [0.5, 0.6) is 5.75 Å². The van der Waals surface area contributed by atoms with Crippen LogP contribution >= 0.6 is 11.6 Å². The van der Waals surface area contributed by atoms with Gasteiger partial charge in [0.25, 0.3) is 0 Å². The first-order valence-electron chi connectivity index (χ1n) is 5.46. The van der Waals surface area contributed by atoms with Gasteiger partial charge in [-0.3, -0.25) is 9.59 Å². The van der Waals surface area contributed by atoms with Crippen molar-refractivity contribution in [3.63, 3.8) is 0 Å². The minimum absolute atomic E-state index is 0.130. The molecule has 0 spiro atoms. The highest BCUT2D eigenvalue weighted by Gasteiger charge is 2.35. The third-order valence-corrected chi connectivity index (χ3v) is 3.27. The van der Waals surface area contributed by atoms with E-state index in [-0.39, 0.29) is 18.9 Å². The number of nitrogens with two attached hydrogens (primary N) is 1. The molecule has 18 heavy (non-hydrogen) atoms. The van der Waals surface area contributed by atoms with Crippen molar-refractivity contribution in [3.8, 4) is 5.75 Å². The summed E-state index contributed by atoms with van der Waals surface area (Å²) in [5, 5.41) is 0.422. The predicted molar refractivity (Wildman–Crippen MR) is 67.7 cm³/mol. The average Bonchev–Trinajstić information content (AvgIpc) is 2.71. The molecule has 0 bridgehead atoms. The van der Waals surface area contributed by atoms with Crippen molar-refractivity contribution in [2.75, 3.05) is 18.6 Å². The number of hydrogen-bond donors (Lipinski definition) is 1. The Morgan fingerprint density at radius 1 is 1.56 bits per heavy atom. The van der Waals surface area contributed by atoms with Gasteiger partial charge in [0.2, 0.25) is 11.8 Å². The maximum atomic E-state index is 11.9. The third-order valence-electron chi connectivity index (χ3n) is 2.97. The number of primary amides is 1. The molecule has 1 aliphatic heterocycles. The zero-order chi connectivity index (χ0) is 13.3. The second-order valence-electron chi connectivity index (χ2n) is 4.10. The molecule has 2 N–H and O–H groups in total. The normalized spacial score (nSPS) is 19.1. The highest BCUT2D eigenvalue weighted by Crippen LogP contribution is 2.37. The molecule has 2 amide bonds. The molecule has 96 valence electrons. The third kappa shape index (κ3) is 2.13. The second kappa shape index (κ2) is 4.86. The van der Waals surface area contributed by atoms with E-state index in [0.29, 0.717) is 16.5 Å². The van der Waals surface area contributed by atoms with E-state index in [0.717, 1.165) is 0 Å². The first kappa shape index (κ1) is 12.7. The Hall–Kier alpha value is -1.75. The highest BCUT2D eigenvalue weighted by atomic mass is 35.5. The first-order chi connectivity index (χ1) is 8.54. The van der Waals surface area contributed by atoms with Gasteiger partial charge in [0.15, 0.2) is 5.75 Å². The fourth-order valence-corrected chi connectivity index (χ4v) is 2.29. The van der Waals surface area contributed by atoms with Crippen molar-refractivity contribution in [1.29, 1.82) is 0 Å². The van der Waals surface area contributed by atoms with Crippen LogP contribution in [0.15, 0.2) is 18.2 Å². The Bertz CT molecular complexity index is 504. The number of amides is 2. The van der Waals surface area contributed by atoms with E-state index in [2.05, 4.69) is 0 Å². The minimum Gasteiger partial charge on any atom is -0.493 e. The predicted octanol–water partition coefficient (Wildman–Crippen LogP) is 1.19. The smallest absolute Gasteiger partial charge is 0.227 e. The molecular formula is C12H13ClN2O3. The molecule has 0 aliphatic carbocycles. The molecule has 1 unspecified atom stereocenters. The van der Waals surface area contributed by atoms with Crippen molar-refractivity contribution < 1.29 is 14.3 Å². The summed E-state index contributed by atoms with van der Waals surface area (Å²) in [7, 11) is 1.48. The molecule has 5 nitrogen and oxygen atoms in total. The van der Waals surface area contributed by atoms with Crippen molar-refractivity contribution in [1.82, 2.24) is 0 Å². The van der Waals surface area contributed by atoms with E-state index >= 15 is 0 Å². The summed E-state index contributed by atoms with van der Waals surface area (Å²) in [4.78, 5) is 24.5. The number of anilines is 1. The molecule has 1 heterocycles. The molecule has 0 radical (unpaired) electrons. The van der Waals surface area contributed by atoms with E-state index < -0.39 is 11.8 Å². The Morgan fingerprint density at radius 3 is 2.83 bits per heavy atom. The number of para-hydroxylation sites is 1. The number of rotatable bonds is 3. The van der Waals surface area contributed by atoms with Crippen LogP contribution in [0.25, 0.3) is 0 Å². The molecule has 1 aromatic carbocycles. The number of halogens is 1. The van der Waals surface area contributed by atoms with Crippen molar-refractivity contribution in [2.24, 2.45) is 11.7 Å². The molecule has 1 aromatic rings. The lowest BCUT2D eigenvalue weighted by atomic mass is 10.1. The summed E-state index contributed by atoms with van der Waals surface area (Å²) >= 11 is 6.00. The Balaban J connectivity index is 2.35. The lowest BCUT2D eigenvalue weighted by molar-refractivity contribution is -0.123. The molecular weight excluding hydrogens is 256 g/mol. The van der Waals surface area contributed by atoms with Gasteiger partial charge in [0, 0.05) is 13.0 Å². The number of benzene rings is 1. The first-order valence-corrected chi connectivity index (χ1v) is 5.84. The van der Waals surface area contributed by atoms with Crippen LogP contribution in [-0.2, 0) is 9.59 Å². The lowest BCUT2D eigenvalue weighted by Crippen LogP contribution is -2.28. The monoisotopic (exact) mass is 268 g/mol. The van der Waals surface area contributed by atoms with Gasteiger partial charge in [0.1, 0.15) is 0 Å². The van der Waals surface area contributed by atoms with Crippen LogP contribution in [0.3, 0.4) is 0 Å². The van der Waals surface area contributed by atoms with Crippen molar-refractivity contribution in [2.45, 2.75) is 6.42 Å². The SMILES string of the molecule is COc1c(Cl)cccc1N1CC(C(N)=O)CC1=O. The van der Waals surface area contributed by atoms with Gasteiger partial charge in [-0.2, -0.15) is 0 Å². The Morgan fingerprint density at radius 2 is 2.28 bits per heavy atom. The molecule has 0 aromatic heterocycles. The second-order valence-corrected chi connectivity index (χ2v) is 4.51. The summed E-state index contributed by atoms with van der Waals surface area (Å²) in [5.74, 6) is -0.648. The van der Waals surface area contributed by atoms with Gasteiger partial charge in [-0.15, -0.1) is 0 Å². The van der Waals surface area contributed by atoms with Gasteiger partial charge in [0.05, 0.1) is 23.7 Å².